The number of nitrogens with zero attached hydrogens (tertiary/aromatic N) is 4. The van der Waals surface area contributed by atoms with Gasteiger partial charge in [0.25, 0.3) is 11.2 Å². The van der Waals surface area contributed by atoms with E-state index in [9.17, 15) is 29.8 Å². The number of para-hydroxylation sites is 1. The van der Waals surface area contributed by atoms with Crippen molar-refractivity contribution < 1.29 is 28.9 Å². The molecule has 14 heteroatoms. The Labute approximate surface area is 265 Å². The van der Waals surface area contributed by atoms with Gasteiger partial charge in [-0.05, 0) is 63.6 Å². The van der Waals surface area contributed by atoms with Gasteiger partial charge in [-0.1, -0.05) is 41.7 Å². The summed E-state index contributed by atoms with van der Waals surface area (Å²) in [4.78, 5) is 53.5. The van der Waals surface area contributed by atoms with E-state index in [0.717, 1.165) is 29.5 Å². The van der Waals surface area contributed by atoms with Crippen molar-refractivity contribution in [3.63, 3.8) is 0 Å². The molecule has 0 saturated carbocycles. The number of aromatic nitrogens is 1. The third-order valence-corrected chi connectivity index (χ3v) is 7.84. The summed E-state index contributed by atoms with van der Waals surface area (Å²) in [6.45, 7) is 7.34. The number of hydrogen-bond acceptors (Lipinski definition) is 11. The summed E-state index contributed by atoms with van der Waals surface area (Å²) in [6, 6.07) is 15.9. The first kappa shape index (κ1) is 31.8. The van der Waals surface area contributed by atoms with Crippen LogP contribution in [0.4, 0.5) is 11.4 Å². The van der Waals surface area contributed by atoms with E-state index < -0.39 is 38.8 Å². The van der Waals surface area contributed by atoms with E-state index >= 15 is 0 Å². The number of nitro groups is 2. The monoisotopic (exact) mass is 644 g/mol. The molecule has 0 spiro atoms. The van der Waals surface area contributed by atoms with Gasteiger partial charge in [0.2, 0.25) is 5.75 Å². The number of ether oxygens (including phenoxy) is 3. The van der Waals surface area contributed by atoms with Gasteiger partial charge >= 0.3 is 11.7 Å². The number of thiazole rings is 1. The number of carbonyl (C=O) groups excluding carboxylic acids is 1. The zero-order valence-corrected chi connectivity index (χ0v) is 26.0. The Bertz CT molecular complexity index is 2060. The van der Waals surface area contributed by atoms with Crippen LogP contribution in [-0.2, 0) is 9.53 Å². The standard InChI is InChI=1S/C32H28N4O9S/c1-5-43-31(38)28-19(4)33-32-34(29(28)20-10-13-23(14-11-20)44-18(2)3)30(37)27(46-32)16-21-8-6-7-9-25(21)45-26-15-12-22(35(39)40)17-24(26)36(41)42/h6-18,29H,5H2,1-4H3/b27-16+/t29-/m1/s1. The molecule has 0 bridgehead atoms. The van der Waals surface area contributed by atoms with Gasteiger partial charge in [0, 0.05) is 11.6 Å². The van der Waals surface area contributed by atoms with Gasteiger partial charge in [0.1, 0.15) is 11.5 Å². The normalized spacial score (nSPS) is 14.5. The maximum absolute atomic E-state index is 14.0. The molecule has 4 aromatic rings. The molecule has 0 radical (unpaired) electrons. The Balaban J connectivity index is 1.62. The molecular weight excluding hydrogens is 616 g/mol. The molecule has 0 saturated heterocycles. The molecule has 3 aromatic carbocycles. The van der Waals surface area contributed by atoms with Crippen molar-refractivity contribution in [1.82, 2.24) is 4.57 Å². The number of allylic oxidation sites excluding steroid dienone is 1. The maximum atomic E-state index is 14.0. The molecule has 13 nitrogen and oxygen atoms in total. The zero-order chi connectivity index (χ0) is 33.1. The lowest BCUT2D eigenvalue weighted by atomic mass is 9.96. The van der Waals surface area contributed by atoms with Gasteiger partial charge < -0.3 is 14.2 Å². The number of benzene rings is 3. The minimum absolute atomic E-state index is 0.0424. The van der Waals surface area contributed by atoms with Crippen LogP contribution in [0.2, 0.25) is 0 Å². The first-order chi connectivity index (χ1) is 22.0. The zero-order valence-electron chi connectivity index (χ0n) is 25.2. The second-order valence-electron chi connectivity index (χ2n) is 10.3. The van der Waals surface area contributed by atoms with E-state index in [-0.39, 0.29) is 34.3 Å². The summed E-state index contributed by atoms with van der Waals surface area (Å²) in [6.07, 6.45) is 1.52. The average molecular weight is 645 g/mol. The molecule has 0 unspecified atom stereocenters. The molecule has 0 fully saturated rings. The van der Waals surface area contributed by atoms with Crippen LogP contribution >= 0.6 is 11.3 Å². The van der Waals surface area contributed by atoms with Gasteiger partial charge in [-0.2, -0.15) is 0 Å². The van der Waals surface area contributed by atoms with E-state index in [1.54, 1.807) is 68.5 Å². The lowest BCUT2D eigenvalue weighted by Gasteiger charge is -2.25. The lowest BCUT2D eigenvalue weighted by Crippen LogP contribution is -2.39. The third-order valence-electron chi connectivity index (χ3n) is 6.86. The second kappa shape index (κ2) is 13.2. The smallest absolute Gasteiger partial charge is 0.338 e. The summed E-state index contributed by atoms with van der Waals surface area (Å²) in [5.41, 5.74) is 0.226. The lowest BCUT2D eigenvalue weighted by molar-refractivity contribution is -0.394. The van der Waals surface area contributed by atoms with Gasteiger partial charge in [-0.25, -0.2) is 9.79 Å². The van der Waals surface area contributed by atoms with E-state index in [0.29, 0.717) is 27.4 Å². The van der Waals surface area contributed by atoms with Crippen molar-refractivity contribution in [2.45, 2.75) is 39.8 Å². The molecule has 0 amide bonds. The number of hydrogen-bond donors (Lipinski definition) is 0. The Morgan fingerprint density at radius 1 is 1.04 bits per heavy atom. The van der Waals surface area contributed by atoms with Gasteiger partial charge in [-0.3, -0.25) is 29.6 Å². The quantitative estimate of drug-likeness (QED) is 0.128. The Morgan fingerprint density at radius 2 is 1.76 bits per heavy atom. The van der Waals surface area contributed by atoms with Crippen molar-refractivity contribution in [2.24, 2.45) is 4.99 Å². The van der Waals surface area contributed by atoms with Crippen LogP contribution in [0, 0.1) is 20.2 Å². The van der Waals surface area contributed by atoms with E-state index in [4.69, 9.17) is 14.2 Å². The van der Waals surface area contributed by atoms with Gasteiger partial charge in [-0.15, -0.1) is 0 Å². The fourth-order valence-electron chi connectivity index (χ4n) is 4.91. The Kier molecular flexibility index (Phi) is 9.09. The summed E-state index contributed by atoms with van der Waals surface area (Å²) < 4.78 is 18.7. The Morgan fingerprint density at radius 3 is 2.41 bits per heavy atom. The van der Waals surface area contributed by atoms with Gasteiger partial charge in [0.05, 0.1) is 50.5 Å². The molecule has 1 atom stereocenters. The molecule has 1 aliphatic rings. The van der Waals surface area contributed by atoms with Crippen LogP contribution < -0.4 is 24.4 Å². The number of non-ortho nitro benzene ring substituents is 1. The van der Waals surface area contributed by atoms with Crippen LogP contribution in [0.25, 0.3) is 6.08 Å². The molecule has 5 rings (SSSR count). The van der Waals surface area contributed by atoms with Crippen LogP contribution in [0.3, 0.4) is 0 Å². The van der Waals surface area contributed by atoms with Crippen LogP contribution in [0.15, 0.2) is 87.8 Å². The largest absolute Gasteiger partial charge is 0.491 e. The van der Waals surface area contributed by atoms with Crippen molar-refractivity contribution in [2.75, 3.05) is 6.61 Å². The summed E-state index contributed by atoms with van der Waals surface area (Å²) in [5.74, 6) is 0.00635. The summed E-state index contributed by atoms with van der Waals surface area (Å²) >= 11 is 1.10. The highest BCUT2D eigenvalue weighted by atomic mass is 32.1. The molecule has 1 aliphatic heterocycles. The van der Waals surface area contributed by atoms with Crippen LogP contribution in [0.1, 0.15) is 44.9 Å². The molecule has 0 aliphatic carbocycles. The van der Waals surface area contributed by atoms with Gasteiger partial charge in [0.15, 0.2) is 4.80 Å². The second-order valence-corrected chi connectivity index (χ2v) is 11.4. The molecule has 1 aromatic heterocycles. The molecular formula is C32H28N4O9S. The first-order valence-corrected chi connectivity index (χ1v) is 15.0. The predicted molar refractivity (Wildman–Crippen MR) is 169 cm³/mol. The number of rotatable bonds is 10. The topological polar surface area (TPSA) is 165 Å². The highest BCUT2D eigenvalue weighted by molar-refractivity contribution is 7.07. The first-order valence-electron chi connectivity index (χ1n) is 14.1. The summed E-state index contributed by atoms with van der Waals surface area (Å²) in [7, 11) is 0. The fraction of sp³-hybridized carbons (Fsp3) is 0.219. The molecule has 46 heavy (non-hydrogen) atoms. The molecule has 236 valence electrons. The predicted octanol–water partition coefficient (Wildman–Crippen LogP) is 5.19. The fourth-order valence-corrected chi connectivity index (χ4v) is 5.95. The third kappa shape index (κ3) is 6.42. The minimum atomic E-state index is -0.834. The molecule has 2 heterocycles. The number of nitro benzene ring substituents is 2. The maximum Gasteiger partial charge on any atom is 0.338 e. The number of fused-ring (bicyclic) bond motifs is 1. The van der Waals surface area contributed by atoms with Crippen molar-refractivity contribution in [3.05, 3.63) is 129 Å². The summed E-state index contributed by atoms with van der Waals surface area (Å²) in [5, 5.41) is 22.8. The average Bonchev–Trinajstić information content (AvgIpc) is 3.31. The van der Waals surface area contributed by atoms with E-state index in [2.05, 4.69) is 4.99 Å². The minimum Gasteiger partial charge on any atom is -0.491 e. The van der Waals surface area contributed by atoms with E-state index in [1.807, 2.05) is 13.8 Å². The van der Waals surface area contributed by atoms with Crippen molar-refractivity contribution in [3.8, 4) is 17.2 Å². The van der Waals surface area contributed by atoms with Crippen molar-refractivity contribution in [1.29, 1.82) is 0 Å². The molecule has 0 N–H and O–H groups in total. The van der Waals surface area contributed by atoms with Crippen LogP contribution in [0.5, 0.6) is 17.2 Å². The van der Waals surface area contributed by atoms with E-state index in [1.165, 1.54) is 4.57 Å². The number of esters is 1. The number of carbonyl (C=O) groups is 1. The SMILES string of the molecule is CCOC(=O)C1=C(C)N=c2s/c(=C/c3ccccc3Oc3ccc([N+](=O)[O-])cc3[N+](=O)[O-])c(=O)n2[C@@H]1c1ccc(OC(C)C)cc1. The Hall–Kier alpha value is -5.63. The van der Waals surface area contributed by atoms with Crippen molar-refractivity contribution >= 4 is 34.8 Å². The highest BCUT2D eigenvalue weighted by Gasteiger charge is 2.33. The highest BCUT2D eigenvalue weighted by Crippen LogP contribution is 2.36. The van der Waals surface area contributed by atoms with Crippen LogP contribution in [-0.4, -0.2) is 33.1 Å².